The van der Waals surface area contributed by atoms with Crippen molar-refractivity contribution >= 4 is 11.9 Å². The van der Waals surface area contributed by atoms with E-state index in [1.165, 1.54) is 0 Å². The van der Waals surface area contributed by atoms with Gasteiger partial charge in [-0.25, -0.2) is 0 Å². The maximum Gasteiger partial charge on any atom is 0.215 e. The summed E-state index contributed by atoms with van der Waals surface area (Å²) in [5.74, 6) is -0.0627. The Balaban J connectivity index is 4.22. The average Bonchev–Trinajstić information content (AvgIpc) is 2.22. The van der Waals surface area contributed by atoms with Crippen LogP contribution in [0.5, 0.6) is 0 Å². The van der Waals surface area contributed by atoms with Crippen LogP contribution in [0.4, 0.5) is 0 Å². The number of nitrogens with one attached hydrogen (secondary N) is 1. The standard InChI is InChI=1S/C9H21N5O2/c1-15-6-3-4-14(5-7-16-2)9(12)13-8(10)11/h3-7H2,1-2H3,(H5,10,11,12,13). The van der Waals surface area contributed by atoms with Gasteiger partial charge in [0.2, 0.25) is 5.96 Å². The lowest BCUT2D eigenvalue weighted by molar-refractivity contribution is 0.160. The van der Waals surface area contributed by atoms with Gasteiger partial charge in [0, 0.05) is 33.9 Å². The SMILES string of the molecule is COCCCN(CCOC)/C(N)=N/C(=N)N. The van der Waals surface area contributed by atoms with Gasteiger partial charge in [0.15, 0.2) is 5.96 Å². The van der Waals surface area contributed by atoms with Gasteiger partial charge in [-0.05, 0) is 6.42 Å². The van der Waals surface area contributed by atoms with E-state index in [1.54, 1.807) is 14.2 Å². The lowest BCUT2D eigenvalue weighted by Gasteiger charge is -2.22. The molecule has 0 fully saturated rings. The highest BCUT2D eigenvalue weighted by molar-refractivity contribution is 5.91. The van der Waals surface area contributed by atoms with Gasteiger partial charge >= 0.3 is 0 Å². The lowest BCUT2D eigenvalue weighted by Crippen LogP contribution is -2.41. The molecular weight excluding hydrogens is 210 g/mol. The second kappa shape index (κ2) is 8.93. The maximum atomic E-state index is 7.04. The summed E-state index contributed by atoms with van der Waals surface area (Å²) in [6.07, 6.45) is 0.828. The molecule has 0 radical (unpaired) electrons. The van der Waals surface area contributed by atoms with Crippen molar-refractivity contribution in [3.8, 4) is 0 Å². The average molecular weight is 231 g/mol. The van der Waals surface area contributed by atoms with Gasteiger partial charge in [0.25, 0.3) is 0 Å². The van der Waals surface area contributed by atoms with E-state index in [9.17, 15) is 0 Å². The quantitative estimate of drug-likeness (QED) is 0.301. The first kappa shape index (κ1) is 14.7. The molecule has 0 rings (SSSR count). The van der Waals surface area contributed by atoms with Crippen LogP contribution in [-0.2, 0) is 9.47 Å². The molecule has 5 N–H and O–H groups in total. The summed E-state index contributed by atoms with van der Waals surface area (Å²) >= 11 is 0. The van der Waals surface area contributed by atoms with E-state index >= 15 is 0 Å². The van der Waals surface area contributed by atoms with Gasteiger partial charge in [-0.15, -0.1) is 0 Å². The number of rotatable bonds is 7. The predicted molar refractivity (Wildman–Crippen MR) is 63.5 cm³/mol. The normalized spacial score (nSPS) is 11.5. The zero-order valence-corrected chi connectivity index (χ0v) is 9.90. The van der Waals surface area contributed by atoms with Crippen LogP contribution in [0.1, 0.15) is 6.42 Å². The fourth-order valence-corrected chi connectivity index (χ4v) is 1.14. The smallest absolute Gasteiger partial charge is 0.215 e. The summed E-state index contributed by atoms with van der Waals surface area (Å²) in [5.41, 5.74) is 10.8. The zero-order valence-electron chi connectivity index (χ0n) is 9.90. The Morgan fingerprint density at radius 3 is 2.31 bits per heavy atom. The van der Waals surface area contributed by atoms with Gasteiger partial charge in [-0.3, -0.25) is 5.41 Å². The number of ether oxygens (including phenoxy) is 2. The van der Waals surface area contributed by atoms with Crippen molar-refractivity contribution in [2.75, 3.05) is 40.5 Å². The number of nitrogens with two attached hydrogens (primary N) is 2. The van der Waals surface area contributed by atoms with Crippen LogP contribution in [0.15, 0.2) is 4.99 Å². The minimum absolute atomic E-state index is 0.237. The minimum Gasteiger partial charge on any atom is -0.385 e. The highest BCUT2D eigenvalue weighted by Gasteiger charge is 2.07. The molecule has 0 saturated heterocycles. The molecule has 0 aromatic heterocycles. The first-order valence-electron chi connectivity index (χ1n) is 5.02. The topological polar surface area (TPSA) is 110 Å². The molecule has 0 unspecified atom stereocenters. The van der Waals surface area contributed by atoms with E-state index in [0.29, 0.717) is 26.3 Å². The third kappa shape index (κ3) is 7.02. The van der Waals surface area contributed by atoms with E-state index < -0.39 is 0 Å². The van der Waals surface area contributed by atoms with Crippen molar-refractivity contribution in [1.29, 1.82) is 5.41 Å². The van der Waals surface area contributed by atoms with Crippen LogP contribution in [0.25, 0.3) is 0 Å². The third-order valence-electron chi connectivity index (χ3n) is 1.90. The molecule has 0 aliphatic heterocycles. The van der Waals surface area contributed by atoms with Crippen molar-refractivity contribution in [2.45, 2.75) is 6.42 Å². The summed E-state index contributed by atoms with van der Waals surface area (Å²) in [5, 5.41) is 7.04. The second-order valence-corrected chi connectivity index (χ2v) is 3.18. The molecule has 94 valence electrons. The van der Waals surface area contributed by atoms with Crippen molar-refractivity contribution in [3.05, 3.63) is 0 Å². The number of methoxy groups -OCH3 is 2. The van der Waals surface area contributed by atoms with Crippen LogP contribution < -0.4 is 11.5 Å². The van der Waals surface area contributed by atoms with Crippen LogP contribution in [0.2, 0.25) is 0 Å². The number of nitrogens with zero attached hydrogens (tertiary/aromatic N) is 2. The highest BCUT2D eigenvalue weighted by Crippen LogP contribution is 1.93. The largest absolute Gasteiger partial charge is 0.385 e. The molecular formula is C9H21N5O2. The van der Waals surface area contributed by atoms with Gasteiger partial charge in [0.1, 0.15) is 0 Å². The molecule has 0 aromatic rings. The number of guanidine groups is 2. The second-order valence-electron chi connectivity index (χ2n) is 3.18. The molecule has 0 saturated carbocycles. The lowest BCUT2D eigenvalue weighted by atomic mass is 10.4. The fourth-order valence-electron chi connectivity index (χ4n) is 1.14. The summed E-state index contributed by atoms with van der Waals surface area (Å²) in [7, 11) is 3.26. The van der Waals surface area contributed by atoms with Gasteiger partial charge in [0.05, 0.1) is 6.61 Å². The van der Waals surface area contributed by atoms with Gasteiger partial charge in [-0.2, -0.15) is 4.99 Å². The van der Waals surface area contributed by atoms with Crippen LogP contribution in [0, 0.1) is 5.41 Å². The number of hydrogen-bond donors (Lipinski definition) is 3. The molecule has 16 heavy (non-hydrogen) atoms. The summed E-state index contributed by atoms with van der Waals surface area (Å²) in [6, 6.07) is 0. The van der Waals surface area contributed by atoms with E-state index in [2.05, 4.69) is 4.99 Å². The highest BCUT2D eigenvalue weighted by atomic mass is 16.5. The van der Waals surface area contributed by atoms with Crippen molar-refractivity contribution in [3.63, 3.8) is 0 Å². The number of hydrogen-bond acceptors (Lipinski definition) is 3. The minimum atomic E-state index is -0.299. The third-order valence-corrected chi connectivity index (χ3v) is 1.90. The maximum absolute atomic E-state index is 7.04. The van der Waals surface area contributed by atoms with Crippen molar-refractivity contribution in [2.24, 2.45) is 16.5 Å². The molecule has 0 aromatic carbocycles. The number of aliphatic imine (C=N–C) groups is 1. The Morgan fingerprint density at radius 1 is 1.19 bits per heavy atom. The Morgan fingerprint density at radius 2 is 1.81 bits per heavy atom. The van der Waals surface area contributed by atoms with E-state index in [-0.39, 0.29) is 11.9 Å². The molecule has 0 spiro atoms. The first-order valence-corrected chi connectivity index (χ1v) is 5.02. The van der Waals surface area contributed by atoms with Gasteiger partial charge < -0.3 is 25.8 Å². The molecule has 7 heteroatoms. The summed E-state index contributed by atoms with van der Waals surface area (Å²) in [6.45, 7) is 2.50. The van der Waals surface area contributed by atoms with Crippen LogP contribution >= 0.6 is 0 Å². The zero-order chi connectivity index (χ0) is 12.4. The Labute approximate surface area is 95.9 Å². The van der Waals surface area contributed by atoms with Crippen LogP contribution in [-0.4, -0.2) is 57.3 Å². The Bertz CT molecular complexity index is 232. The molecule has 7 nitrogen and oxygen atoms in total. The van der Waals surface area contributed by atoms with E-state index in [1.807, 2.05) is 4.90 Å². The molecule has 0 aliphatic rings. The molecule has 0 aliphatic carbocycles. The van der Waals surface area contributed by atoms with E-state index in [0.717, 1.165) is 6.42 Å². The Kier molecular flexibility index (Phi) is 8.18. The Hall–Kier alpha value is -1.34. The van der Waals surface area contributed by atoms with E-state index in [4.69, 9.17) is 26.4 Å². The summed E-state index contributed by atoms with van der Waals surface area (Å²) < 4.78 is 9.92. The fraction of sp³-hybridized carbons (Fsp3) is 0.778. The predicted octanol–water partition coefficient (Wildman–Crippen LogP) is -0.821. The van der Waals surface area contributed by atoms with Gasteiger partial charge in [-0.1, -0.05) is 0 Å². The van der Waals surface area contributed by atoms with Crippen LogP contribution in [0.3, 0.4) is 0 Å². The summed E-state index contributed by atoms with van der Waals surface area (Å²) in [4.78, 5) is 5.50. The molecule has 0 heterocycles. The monoisotopic (exact) mass is 231 g/mol. The molecule has 0 atom stereocenters. The van der Waals surface area contributed by atoms with Crippen molar-refractivity contribution < 1.29 is 9.47 Å². The first-order chi connectivity index (χ1) is 7.61. The molecule has 0 amide bonds. The van der Waals surface area contributed by atoms with Crippen molar-refractivity contribution in [1.82, 2.24) is 4.90 Å². The molecule has 0 bridgehead atoms.